The van der Waals surface area contributed by atoms with Crippen molar-refractivity contribution in [3.63, 3.8) is 0 Å². The van der Waals surface area contributed by atoms with Crippen molar-refractivity contribution >= 4 is 29.1 Å². The molecule has 0 atom stereocenters. The molecular formula is C22H27ClN2O2. The number of carbonyl (C=O) groups excluding carboxylic acids is 2. The summed E-state index contributed by atoms with van der Waals surface area (Å²) in [7, 11) is 0. The summed E-state index contributed by atoms with van der Waals surface area (Å²) in [5.74, 6) is 0.336. The molecule has 0 spiro atoms. The average molecular weight is 387 g/mol. The van der Waals surface area contributed by atoms with E-state index in [0.717, 1.165) is 17.7 Å². The molecule has 27 heavy (non-hydrogen) atoms. The second-order valence-electron chi connectivity index (χ2n) is 6.96. The molecule has 0 aliphatic carbocycles. The Bertz CT molecular complexity index is 755. The van der Waals surface area contributed by atoms with Gasteiger partial charge >= 0.3 is 0 Å². The molecule has 2 aromatic rings. The normalized spacial score (nSPS) is 10.7. The van der Waals surface area contributed by atoms with Gasteiger partial charge < -0.3 is 10.2 Å². The maximum absolute atomic E-state index is 12.2. The summed E-state index contributed by atoms with van der Waals surface area (Å²) in [4.78, 5) is 25.8. The summed E-state index contributed by atoms with van der Waals surface area (Å²) < 4.78 is 0. The molecule has 0 aliphatic heterocycles. The predicted octanol–water partition coefficient (Wildman–Crippen LogP) is 4.88. The van der Waals surface area contributed by atoms with Crippen molar-refractivity contribution in [2.24, 2.45) is 0 Å². The van der Waals surface area contributed by atoms with Gasteiger partial charge in [-0.1, -0.05) is 49.7 Å². The van der Waals surface area contributed by atoms with Crippen LogP contribution in [0.5, 0.6) is 0 Å². The highest BCUT2D eigenvalue weighted by Crippen LogP contribution is 2.17. The van der Waals surface area contributed by atoms with Crippen LogP contribution < -0.4 is 5.32 Å². The lowest BCUT2D eigenvalue weighted by atomic mass is 10.0. The lowest BCUT2D eigenvalue weighted by Gasteiger charge is -2.21. The molecule has 0 aliphatic rings. The number of amides is 2. The fourth-order valence-electron chi connectivity index (χ4n) is 2.75. The molecule has 0 bridgehead atoms. The van der Waals surface area contributed by atoms with Crippen LogP contribution in [0.3, 0.4) is 0 Å². The fourth-order valence-corrected chi connectivity index (χ4v) is 2.88. The molecule has 2 rings (SSSR count). The minimum Gasteiger partial charge on any atom is -0.342 e. The fraction of sp³-hybridized carbons (Fsp3) is 0.364. The Kier molecular flexibility index (Phi) is 7.86. The van der Waals surface area contributed by atoms with Crippen LogP contribution in [0.4, 0.5) is 5.69 Å². The zero-order valence-electron chi connectivity index (χ0n) is 16.2. The van der Waals surface area contributed by atoms with Gasteiger partial charge in [0.1, 0.15) is 0 Å². The number of carbonyl (C=O) groups is 2. The van der Waals surface area contributed by atoms with E-state index in [0.29, 0.717) is 24.0 Å². The molecule has 0 unspecified atom stereocenters. The van der Waals surface area contributed by atoms with Gasteiger partial charge in [0.15, 0.2) is 0 Å². The first-order valence-corrected chi connectivity index (χ1v) is 9.62. The Balaban J connectivity index is 1.82. The van der Waals surface area contributed by atoms with E-state index in [4.69, 9.17) is 11.6 Å². The second kappa shape index (κ2) is 10.1. The van der Waals surface area contributed by atoms with Gasteiger partial charge in [-0.3, -0.25) is 9.59 Å². The summed E-state index contributed by atoms with van der Waals surface area (Å²) in [6.07, 6.45) is 1.00. The minimum absolute atomic E-state index is 0.0296. The molecule has 0 fully saturated rings. The largest absolute Gasteiger partial charge is 0.342 e. The molecule has 2 aromatic carbocycles. The molecule has 5 heteroatoms. The number of hydrogen-bond donors (Lipinski definition) is 1. The van der Waals surface area contributed by atoms with Gasteiger partial charge in [0.25, 0.3) is 0 Å². The van der Waals surface area contributed by atoms with Crippen molar-refractivity contribution < 1.29 is 9.59 Å². The van der Waals surface area contributed by atoms with Crippen LogP contribution in [-0.2, 0) is 16.0 Å². The van der Waals surface area contributed by atoms with Gasteiger partial charge in [0.05, 0.1) is 0 Å². The zero-order valence-corrected chi connectivity index (χ0v) is 16.9. The predicted molar refractivity (Wildman–Crippen MR) is 111 cm³/mol. The van der Waals surface area contributed by atoms with Crippen molar-refractivity contribution in [3.8, 4) is 0 Å². The van der Waals surface area contributed by atoms with Crippen molar-refractivity contribution in [1.29, 1.82) is 0 Å². The van der Waals surface area contributed by atoms with E-state index in [1.54, 1.807) is 4.90 Å². The van der Waals surface area contributed by atoms with Crippen LogP contribution in [0.15, 0.2) is 48.5 Å². The number of rotatable bonds is 8. The highest BCUT2D eigenvalue weighted by Gasteiger charge is 2.12. The Morgan fingerprint density at radius 1 is 1.00 bits per heavy atom. The van der Waals surface area contributed by atoms with E-state index in [9.17, 15) is 9.59 Å². The highest BCUT2D eigenvalue weighted by atomic mass is 35.5. The van der Waals surface area contributed by atoms with E-state index in [1.807, 2.05) is 48.5 Å². The SMILES string of the molecule is CC(=O)N(CCC(=O)Nc1ccc(C(C)C)cc1)CCc1ccc(Cl)cc1. The number of hydrogen-bond acceptors (Lipinski definition) is 2. The molecule has 4 nitrogen and oxygen atoms in total. The molecule has 0 radical (unpaired) electrons. The van der Waals surface area contributed by atoms with E-state index < -0.39 is 0 Å². The molecule has 0 saturated heterocycles. The second-order valence-corrected chi connectivity index (χ2v) is 7.39. The number of anilines is 1. The molecule has 0 saturated carbocycles. The smallest absolute Gasteiger partial charge is 0.226 e. The number of benzene rings is 2. The van der Waals surface area contributed by atoms with Crippen LogP contribution in [0.25, 0.3) is 0 Å². The average Bonchev–Trinajstić information content (AvgIpc) is 2.63. The Hall–Kier alpha value is -2.33. The number of halogens is 1. The standard InChI is InChI=1S/C22H27ClN2O2/c1-16(2)19-6-10-21(11-7-19)24-22(27)13-15-25(17(3)26)14-12-18-4-8-20(23)9-5-18/h4-11,16H,12-15H2,1-3H3,(H,24,27). The number of nitrogens with one attached hydrogen (secondary N) is 1. The van der Waals surface area contributed by atoms with E-state index >= 15 is 0 Å². The Morgan fingerprint density at radius 2 is 1.63 bits per heavy atom. The summed E-state index contributed by atoms with van der Waals surface area (Å²) in [5, 5.41) is 3.59. The summed E-state index contributed by atoms with van der Waals surface area (Å²) in [5.41, 5.74) is 3.12. The zero-order chi connectivity index (χ0) is 19.8. The van der Waals surface area contributed by atoms with Crippen molar-refractivity contribution in [3.05, 3.63) is 64.7 Å². The molecule has 2 amide bonds. The van der Waals surface area contributed by atoms with Gasteiger partial charge in [-0.05, 0) is 47.7 Å². The lowest BCUT2D eigenvalue weighted by Crippen LogP contribution is -2.33. The van der Waals surface area contributed by atoms with Crippen LogP contribution in [0.2, 0.25) is 5.02 Å². The maximum Gasteiger partial charge on any atom is 0.226 e. The van der Waals surface area contributed by atoms with Crippen molar-refractivity contribution in [2.75, 3.05) is 18.4 Å². The van der Waals surface area contributed by atoms with Gasteiger partial charge in [0, 0.05) is 37.1 Å². The van der Waals surface area contributed by atoms with Crippen molar-refractivity contribution in [2.45, 2.75) is 39.5 Å². The van der Waals surface area contributed by atoms with Gasteiger partial charge in [0.2, 0.25) is 11.8 Å². The van der Waals surface area contributed by atoms with E-state index in [1.165, 1.54) is 12.5 Å². The van der Waals surface area contributed by atoms with Crippen LogP contribution in [0.1, 0.15) is 44.2 Å². The first kappa shape index (κ1) is 21.0. The molecular weight excluding hydrogens is 360 g/mol. The third kappa shape index (κ3) is 7.06. The molecule has 0 heterocycles. The lowest BCUT2D eigenvalue weighted by molar-refractivity contribution is -0.129. The van der Waals surface area contributed by atoms with Crippen LogP contribution in [-0.4, -0.2) is 29.8 Å². The third-order valence-corrected chi connectivity index (χ3v) is 4.75. The van der Waals surface area contributed by atoms with Crippen LogP contribution >= 0.6 is 11.6 Å². The topological polar surface area (TPSA) is 49.4 Å². The van der Waals surface area contributed by atoms with Crippen molar-refractivity contribution in [1.82, 2.24) is 4.90 Å². The molecule has 144 valence electrons. The molecule has 0 aromatic heterocycles. The maximum atomic E-state index is 12.2. The van der Waals surface area contributed by atoms with Gasteiger partial charge in [-0.25, -0.2) is 0 Å². The van der Waals surface area contributed by atoms with Gasteiger partial charge in [-0.2, -0.15) is 0 Å². The Labute approximate surface area is 166 Å². The van der Waals surface area contributed by atoms with Crippen LogP contribution in [0, 0.1) is 0 Å². The first-order valence-electron chi connectivity index (χ1n) is 9.25. The van der Waals surface area contributed by atoms with E-state index in [-0.39, 0.29) is 18.2 Å². The first-order chi connectivity index (χ1) is 12.8. The van der Waals surface area contributed by atoms with E-state index in [2.05, 4.69) is 19.2 Å². The van der Waals surface area contributed by atoms with Gasteiger partial charge in [-0.15, -0.1) is 0 Å². The quantitative estimate of drug-likeness (QED) is 0.702. The summed E-state index contributed by atoms with van der Waals surface area (Å²) in [6.45, 7) is 6.78. The third-order valence-electron chi connectivity index (χ3n) is 4.50. The number of nitrogens with zero attached hydrogens (tertiary/aromatic N) is 1. The monoisotopic (exact) mass is 386 g/mol. The Morgan fingerprint density at radius 3 is 2.19 bits per heavy atom. The highest BCUT2D eigenvalue weighted by molar-refractivity contribution is 6.30. The molecule has 1 N–H and O–H groups in total. The minimum atomic E-state index is -0.0926. The summed E-state index contributed by atoms with van der Waals surface area (Å²) >= 11 is 5.89. The summed E-state index contributed by atoms with van der Waals surface area (Å²) in [6, 6.07) is 15.5.